The van der Waals surface area contributed by atoms with Crippen molar-refractivity contribution in [1.29, 1.82) is 0 Å². The first kappa shape index (κ1) is 52.7. The van der Waals surface area contributed by atoms with Crippen LogP contribution < -0.4 is 0 Å². The Balaban J connectivity index is 0.000000681. The van der Waals surface area contributed by atoms with E-state index >= 15 is 0 Å². The van der Waals surface area contributed by atoms with Crippen molar-refractivity contribution >= 4 is 0 Å². The van der Waals surface area contributed by atoms with Crippen LogP contribution in [0.5, 0.6) is 0 Å². The standard InChI is InChI=1S/C12H17F.2C11H15F.C11H16.C8H18/c1-9-5-10(7-11(13)6-9)8-12(2,3)4;1-11(2,3)8-9-4-6-10(12)7-5-9;1-11(2,3)8-9-5-4-6-10(12)7-9;1-11(2,3)9-10-7-5-4-6-8-10;1-7(2)6-8(3,4)5/h5-7H,8H2,1-4H3;2*4-7H,8H2,1-3H3;4-8H,9H2,1-3H3;7H,6H2,1-5H3. The summed E-state index contributed by atoms with van der Waals surface area (Å²) in [6, 6.07) is 29.4. The fourth-order valence-corrected chi connectivity index (χ4v) is 6.43. The van der Waals surface area contributed by atoms with Crippen LogP contribution in [0.1, 0.15) is 152 Å². The summed E-state index contributed by atoms with van der Waals surface area (Å²) in [5.41, 5.74) is 7.44. The molecule has 0 atom stereocenters. The maximum absolute atomic E-state index is 13.0. The molecule has 0 unspecified atom stereocenters. The summed E-state index contributed by atoms with van der Waals surface area (Å²) in [6.45, 7) is 39.6. The first-order chi connectivity index (χ1) is 25.3. The van der Waals surface area contributed by atoms with E-state index in [2.05, 4.69) is 148 Å². The molecule has 0 aromatic heterocycles. The lowest BCUT2D eigenvalue weighted by Crippen LogP contribution is -2.09. The van der Waals surface area contributed by atoms with Crippen LogP contribution in [0.3, 0.4) is 0 Å². The largest absolute Gasteiger partial charge is 0.207 e. The summed E-state index contributed by atoms with van der Waals surface area (Å²) < 4.78 is 38.3. The molecule has 0 N–H and O–H groups in total. The highest BCUT2D eigenvalue weighted by Crippen LogP contribution is 2.25. The van der Waals surface area contributed by atoms with Crippen LogP contribution in [-0.4, -0.2) is 0 Å². The molecular formula is C53H81F3. The van der Waals surface area contributed by atoms with Crippen molar-refractivity contribution in [2.24, 2.45) is 33.0 Å². The van der Waals surface area contributed by atoms with Gasteiger partial charge in [0.2, 0.25) is 0 Å². The maximum atomic E-state index is 13.0. The van der Waals surface area contributed by atoms with Gasteiger partial charge in [-0.3, -0.25) is 0 Å². The molecule has 0 nitrogen and oxygen atoms in total. The number of hydrogen-bond acceptors (Lipinski definition) is 0. The first-order valence-electron chi connectivity index (χ1n) is 20.6. The van der Waals surface area contributed by atoms with Gasteiger partial charge in [-0.1, -0.05) is 178 Å². The molecule has 314 valence electrons. The maximum Gasteiger partial charge on any atom is 0.123 e. The monoisotopic (exact) mass is 775 g/mol. The fourth-order valence-electron chi connectivity index (χ4n) is 6.43. The van der Waals surface area contributed by atoms with Crippen LogP contribution >= 0.6 is 0 Å². The molecule has 0 saturated heterocycles. The van der Waals surface area contributed by atoms with Crippen LogP contribution in [0, 0.1) is 57.4 Å². The van der Waals surface area contributed by atoms with E-state index in [9.17, 15) is 13.2 Å². The predicted molar refractivity (Wildman–Crippen MR) is 242 cm³/mol. The smallest absolute Gasteiger partial charge is 0.123 e. The van der Waals surface area contributed by atoms with Gasteiger partial charge in [-0.25, -0.2) is 13.2 Å². The Bertz CT molecular complexity index is 1590. The Morgan fingerprint density at radius 1 is 0.375 bits per heavy atom. The molecule has 0 aliphatic rings. The van der Waals surface area contributed by atoms with Crippen molar-refractivity contribution in [3.05, 3.63) is 142 Å². The molecule has 4 aromatic carbocycles. The van der Waals surface area contributed by atoms with Crippen LogP contribution in [0.25, 0.3) is 0 Å². The summed E-state index contributed by atoms with van der Waals surface area (Å²) in [6.07, 6.45) is 5.32. The third-order valence-corrected chi connectivity index (χ3v) is 7.71. The SMILES string of the molecule is CC(C)(C)Cc1ccc(F)cc1.CC(C)(C)Cc1cccc(F)c1.CC(C)(C)Cc1ccccc1.CC(C)CC(C)(C)C.Cc1cc(F)cc(CC(C)(C)C)c1. The molecule has 56 heavy (non-hydrogen) atoms. The zero-order valence-corrected chi connectivity index (χ0v) is 39.0. The summed E-state index contributed by atoms with van der Waals surface area (Å²) in [5.74, 6) is 0.415. The normalized spacial score (nSPS) is 11.8. The molecule has 3 heteroatoms. The Hall–Kier alpha value is -3.33. The summed E-state index contributed by atoms with van der Waals surface area (Å²) >= 11 is 0. The van der Waals surface area contributed by atoms with Crippen molar-refractivity contribution in [1.82, 2.24) is 0 Å². The van der Waals surface area contributed by atoms with E-state index in [-0.39, 0.29) is 33.7 Å². The lowest BCUT2D eigenvalue weighted by atomic mass is 9.86. The van der Waals surface area contributed by atoms with Crippen molar-refractivity contribution in [2.45, 2.75) is 157 Å². The second kappa shape index (κ2) is 23.8. The van der Waals surface area contributed by atoms with E-state index in [0.29, 0.717) is 10.8 Å². The average Bonchev–Trinajstić information content (AvgIpc) is 2.95. The minimum Gasteiger partial charge on any atom is -0.207 e. The highest BCUT2D eigenvalue weighted by Gasteiger charge is 2.14. The average molecular weight is 775 g/mol. The van der Waals surface area contributed by atoms with Gasteiger partial charge < -0.3 is 0 Å². The van der Waals surface area contributed by atoms with Gasteiger partial charge in [-0.2, -0.15) is 0 Å². The lowest BCUT2D eigenvalue weighted by molar-refractivity contribution is 0.320. The van der Waals surface area contributed by atoms with Gasteiger partial charge in [-0.15, -0.1) is 0 Å². The Morgan fingerprint density at radius 2 is 0.768 bits per heavy atom. The first-order valence-corrected chi connectivity index (χ1v) is 20.6. The highest BCUT2D eigenvalue weighted by atomic mass is 19.1. The zero-order valence-electron chi connectivity index (χ0n) is 39.0. The lowest BCUT2D eigenvalue weighted by Gasteiger charge is -2.19. The van der Waals surface area contributed by atoms with E-state index in [4.69, 9.17) is 0 Å². The van der Waals surface area contributed by atoms with Gasteiger partial charge in [0.25, 0.3) is 0 Å². The molecule has 0 amide bonds. The second-order valence-corrected chi connectivity index (χ2v) is 22.0. The topological polar surface area (TPSA) is 0 Å². The van der Waals surface area contributed by atoms with E-state index in [1.54, 1.807) is 24.3 Å². The van der Waals surface area contributed by atoms with Gasteiger partial charge in [0, 0.05) is 0 Å². The molecule has 0 aliphatic heterocycles. The second-order valence-electron chi connectivity index (χ2n) is 22.0. The molecule has 0 spiro atoms. The third-order valence-electron chi connectivity index (χ3n) is 7.71. The zero-order chi connectivity index (χ0) is 43.5. The molecular weight excluding hydrogens is 694 g/mol. The van der Waals surface area contributed by atoms with Crippen LogP contribution in [0.2, 0.25) is 0 Å². The predicted octanol–water partition coefficient (Wildman–Crippen LogP) is 16.9. The molecule has 0 radical (unpaired) electrons. The Morgan fingerprint density at radius 3 is 1.14 bits per heavy atom. The minimum absolute atomic E-state index is 0.126. The molecule has 0 bridgehead atoms. The van der Waals surface area contributed by atoms with E-state index in [1.165, 1.54) is 35.7 Å². The number of aryl methyl sites for hydroxylation is 1. The number of benzene rings is 4. The Kier molecular flexibility index (Phi) is 22.4. The molecule has 0 aliphatic carbocycles. The van der Waals surface area contributed by atoms with Crippen LogP contribution in [0.15, 0.2) is 97.1 Å². The van der Waals surface area contributed by atoms with Crippen molar-refractivity contribution in [3.8, 4) is 0 Å². The number of hydrogen-bond donors (Lipinski definition) is 0. The Labute approximate surface area is 344 Å². The fraction of sp³-hybridized carbons (Fsp3) is 0.547. The van der Waals surface area contributed by atoms with Gasteiger partial charge in [-0.05, 0) is 136 Å². The quantitative estimate of drug-likeness (QED) is 0.189. The van der Waals surface area contributed by atoms with Gasteiger partial charge in [0.1, 0.15) is 17.5 Å². The number of halogens is 3. The summed E-state index contributed by atoms with van der Waals surface area (Å²) in [7, 11) is 0. The molecule has 4 rings (SSSR count). The van der Waals surface area contributed by atoms with Gasteiger partial charge in [0.15, 0.2) is 0 Å². The van der Waals surface area contributed by atoms with E-state index in [0.717, 1.165) is 48.3 Å². The molecule has 0 fully saturated rings. The third kappa shape index (κ3) is 32.9. The molecule has 0 heterocycles. The van der Waals surface area contributed by atoms with Crippen molar-refractivity contribution in [3.63, 3.8) is 0 Å². The van der Waals surface area contributed by atoms with Crippen LogP contribution in [-0.2, 0) is 25.7 Å². The van der Waals surface area contributed by atoms with E-state index in [1.807, 2.05) is 31.2 Å². The van der Waals surface area contributed by atoms with Crippen LogP contribution in [0.4, 0.5) is 13.2 Å². The van der Waals surface area contributed by atoms with Crippen molar-refractivity contribution < 1.29 is 13.2 Å². The highest BCUT2D eigenvalue weighted by molar-refractivity contribution is 5.24. The summed E-state index contributed by atoms with van der Waals surface area (Å²) in [4.78, 5) is 0. The molecule has 4 aromatic rings. The minimum atomic E-state index is -0.160. The summed E-state index contributed by atoms with van der Waals surface area (Å²) in [5, 5.41) is 0. The number of rotatable bonds is 5. The van der Waals surface area contributed by atoms with Crippen molar-refractivity contribution in [2.75, 3.05) is 0 Å². The van der Waals surface area contributed by atoms with Gasteiger partial charge in [0.05, 0.1) is 0 Å². The van der Waals surface area contributed by atoms with E-state index < -0.39 is 0 Å². The molecule has 0 saturated carbocycles. The van der Waals surface area contributed by atoms with Gasteiger partial charge >= 0.3 is 0 Å².